The summed E-state index contributed by atoms with van der Waals surface area (Å²) in [6.45, 7) is 1.29. The number of nitrogens with zero attached hydrogens (tertiary/aromatic N) is 1. The minimum atomic E-state index is -0.411. The molecule has 0 bridgehead atoms. The van der Waals surface area contributed by atoms with E-state index in [1.165, 1.54) is 11.7 Å². The molecule has 3 rings (SSSR count). The molecule has 0 aliphatic rings. The Labute approximate surface area is 144 Å². The minimum Gasteiger partial charge on any atom is -0.497 e. The summed E-state index contributed by atoms with van der Waals surface area (Å²) in [6, 6.07) is 14.9. The molecule has 0 saturated heterocycles. The van der Waals surface area contributed by atoms with Gasteiger partial charge in [0.05, 0.1) is 24.6 Å². The van der Waals surface area contributed by atoms with Crippen LogP contribution in [0.3, 0.4) is 0 Å². The van der Waals surface area contributed by atoms with E-state index in [-0.39, 0.29) is 5.56 Å². The lowest BCUT2D eigenvalue weighted by molar-refractivity contribution is 0.115. The smallest absolute Gasteiger partial charge is 0.328 e. The number of nitrogens with one attached hydrogen (secondary N) is 1. The maximum atomic E-state index is 12.5. The Balaban J connectivity index is 1.67. The maximum Gasteiger partial charge on any atom is 0.328 e. The first kappa shape index (κ1) is 17.0. The summed E-state index contributed by atoms with van der Waals surface area (Å²) in [5.41, 5.74) is 0.870. The lowest BCUT2D eigenvalue weighted by Crippen LogP contribution is -2.35. The molecular weight excluding hydrogens is 320 g/mol. The Bertz CT molecular complexity index is 961. The zero-order chi connectivity index (χ0) is 17.6. The van der Waals surface area contributed by atoms with Gasteiger partial charge in [-0.3, -0.25) is 9.36 Å². The lowest BCUT2D eigenvalue weighted by Gasteiger charge is -2.08. The summed E-state index contributed by atoms with van der Waals surface area (Å²) in [5.74, 6) is 0.578. The molecule has 2 aromatic carbocycles. The third kappa shape index (κ3) is 3.97. The van der Waals surface area contributed by atoms with E-state index in [1.807, 2.05) is 30.3 Å². The van der Waals surface area contributed by atoms with Crippen molar-refractivity contribution in [2.75, 3.05) is 13.7 Å². The highest BCUT2D eigenvalue weighted by atomic mass is 16.5. The molecule has 1 heterocycles. The van der Waals surface area contributed by atoms with Crippen molar-refractivity contribution in [3.63, 3.8) is 0 Å². The van der Waals surface area contributed by atoms with E-state index in [2.05, 4.69) is 4.98 Å². The van der Waals surface area contributed by atoms with Crippen molar-refractivity contribution in [2.24, 2.45) is 0 Å². The van der Waals surface area contributed by atoms with E-state index in [0.717, 1.165) is 5.56 Å². The van der Waals surface area contributed by atoms with E-state index >= 15 is 0 Å². The number of fused-ring (bicyclic) bond motifs is 1. The van der Waals surface area contributed by atoms with Crippen LogP contribution in [-0.4, -0.2) is 23.3 Å². The predicted octanol–water partition coefficient (Wildman–Crippen LogP) is 2.31. The van der Waals surface area contributed by atoms with Crippen LogP contribution in [0.2, 0.25) is 0 Å². The van der Waals surface area contributed by atoms with Crippen molar-refractivity contribution >= 4 is 10.9 Å². The second-order valence-electron chi connectivity index (χ2n) is 5.69. The normalized spacial score (nSPS) is 10.9. The van der Waals surface area contributed by atoms with Gasteiger partial charge < -0.3 is 14.5 Å². The Morgan fingerprint density at radius 3 is 2.64 bits per heavy atom. The number of H-pyrrole nitrogens is 1. The van der Waals surface area contributed by atoms with Crippen molar-refractivity contribution < 1.29 is 9.47 Å². The van der Waals surface area contributed by atoms with Gasteiger partial charge in [-0.15, -0.1) is 0 Å². The van der Waals surface area contributed by atoms with Crippen LogP contribution in [0, 0.1) is 0 Å². The number of aromatic amines is 1. The lowest BCUT2D eigenvalue weighted by atomic mass is 10.2. The average molecular weight is 340 g/mol. The van der Waals surface area contributed by atoms with Crippen LogP contribution in [-0.2, 0) is 17.9 Å². The molecule has 6 nitrogen and oxygen atoms in total. The second-order valence-corrected chi connectivity index (χ2v) is 5.69. The highest BCUT2D eigenvalue weighted by Gasteiger charge is 2.08. The van der Waals surface area contributed by atoms with Crippen LogP contribution in [0.4, 0.5) is 0 Å². The number of hydrogen-bond acceptors (Lipinski definition) is 4. The highest BCUT2D eigenvalue weighted by molar-refractivity contribution is 5.78. The SMILES string of the molecule is COc1ccc2[nH]c(=O)n(CCCOCc3ccccc3)c(=O)c2c1. The molecule has 130 valence electrons. The third-order valence-corrected chi connectivity index (χ3v) is 3.97. The van der Waals surface area contributed by atoms with E-state index in [4.69, 9.17) is 9.47 Å². The molecule has 0 saturated carbocycles. The van der Waals surface area contributed by atoms with Crippen molar-refractivity contribution in [1.29, 1.82) is 0 Å². The van der Waals surface area contributed by atoms with Gasteiger partial charge in [-0.1, -0.05) is 30.3 Å². The topological polar surface area (TPSA) is 73.3 Å². The minimum absolute atomic E-state index is 0.302. The van der Waals surface area contributed by atoms with Gasteiger partial charge in [0.25, 0.3) is 5.56 Å². The molecule has 1 aromatic heterocycles. The van der Waals surface area contributed by atoms with Gasteiger partial charge >= 0.3 is 5.69 Å². The van der Waals surface area contributed by atoms with Gasteiger partial charge in [-0.2, -0.15) is 0 Å². The molecule has 0 atom stereocenters. The monoisotopic (exact) mass is 340 g/mol. The van der Waals surface area contributed by atoms with Crippen LogP contribution in [0.25, 0.3) is 10.9 Å². The maximum absolute atomic E-state index is 12.5. The molecule has 3 aromatic rings. The summed E-state index contributed by atoms with van der Waals surface area (Å²) in [6.07, 6.45) is 0.575. The first-order valence-corrected chi connectivity index (χ1v) is 8.11. The molecule has 0 aliphatic heterocycles. The van der Waals surface area contributed by atoms with Gasteiger partial charge in [0.1, 0.15) is 5.75 Å². The van der Waals surface area contributed by atoms with E-state index < -0.39 is 5.69 Å². The summed E-state index contributed by atoms with van der Waals surface area (Å²) < 4.78 is 11.9. The number of methoxy groups -OCH3 is 1. The van der Waals surface area contributed by atoms with E-state index in [0.29, 0.717) is 42.8 Å². The van der Waals surface area contributed by atoms with Gasteiger partial charge in [0.15, 0.2) is 0 Å². The highest BCUT2D eigenvalue weighted by Crippen LogP contribution is 2.15. The number of rotatable bonds is 7. The van der Waals surface area contributed by atoms with Gasteiger partial charge in [-0.25, -0.2) is 4.79 Å². The molecule has 0 unspecified atom stereocenters. The summed E-state index contributed by atoms with van der Waals surface area (Å²) in [5, 5.41) is 0.434. The predicted molar refractivity (Wildman–Crippen MR) is 96.1 cm³/mol. The molecular formula is C19H20N2O4. The van der Waals surface area contributed by atoms with Crippen molar-refractivity contribution in [3.8, 4) is 5.75 Å². The van der Waals surface area contributed by atoms with Gasteiger partial charge in [0, 0.05) is 13.2 Å². The van der Waals surface area contributed by atoms with E-state index in [1.54, 1.807) is 18.2 Å². The van der Waals surface area contributed by atoms with Crippen molar-refractivity contribution in [2.45, 2.75) is 19.6 Å². The molecule has 0 spiro atoms. The molecule has 6 heteroatoms. The number of ether oxygens (including phenoxy) is 2. The van der Waals surface area contributed by atoms with Crippen molar-refractivity contribution in [1.82, 2.24) is 9.55 Å². The fraction of sp³-hybridized carbons (Fsp3) is 0.263. The number of aromatic nitrogens is 2. The Hall–Kier alpha value is -2.86. The first-order chi connectivity index (χ1) is 12.2. The molecule has 25 heavy (non-hydrogen) atoms. The second kappa shape index (κ2) is 7.81. The summed E-state index contributed by atoms with van der Waals surface area (Å²) in [4.78, 5) is 27.4. The molecule has 0 aliphatic carbocycles. The molecule has 0 radical (unpaired) electrons. The first-order valence-electron chi connectivity index (χ1n) is 8.11. The van der Waals surface area contributed by atoms with Gasteiger partial charge in [-0.05, 0) is 30.2 Å². The third-order valence-electron chi connectivity index (χ3n) is 3.97. The van der Waals surface area contributed by atoms with Crippen molar-refractivity contribution in [3.05, 3.63) is 74.9 Å². The average Bonchev–Trinajstić information content (AvgIpc) is 2.64. The van der Waals surface area contributed by atoms with Crippen LogP contribution in [0.5, 0.6) is 5.75 Å². The fourth-order valence-electron chi connectivity index (χ4n) is 2.65. The van der Waals surface area contributed by atoms with Crippen LogP contribution < -0.4 is 16.0 Å². The summed E-state index contributed by atoms with van der Waals surface area (Å²) >= 11 is 0. The van der Waals surface area contributed by atoms with Crippen LogP contribution in [0.15, 0.2) is 58.1 Å². The molecule has 1 N–H and O–H groups in total. The van der Waals surface area contributed by atoms with Crippen LogP contribution in [0.1, 0.15) is 12.0 Å². The zero-order valence-electron chi connectivity index (χ0n) is 14.0. The number of benzene rings is 2. The Morgan fingerprint density at radius 1 is 1.08 bits per heavy atom. The summed E-state index contributed by atoms with van der Waals surface area (Å²) in [7, 11) is 1.54. The zero-order valence-corrected chi connectivity index (χ0v) is 14.0. The largest absolute Gasteiger partial charge is 0.497 e. The Kier molecular flexibility index (Phi) is 5.30. The fourth-order valence-corrected chi connectivity index (χ4v) is 2.65. The molecule has 0 amide bonds. The standard InChI is InChI=1S/C19H20N2O4/c1-24-15-8-9-17-16(12-15)18(22)21(19(23)20-17)10-5-11-25-13-14-6-3-2-4-7-14/h2-4,6-9,12H,5,10-11,13H2,1H3,(H,20,23). The Morgan fingerprint density at radius 2 is 1.88 bits per heavy atom. The van der Waals surface area contributed by atoms with E-state index in [9.17, 15) is 9.59 Å². The van der Waals surface area contributed by atoms with Gasteiger partial charge in [0.2, 0.25) is 0 Å². The molecule has 0 fully saturated rings. The van der Waals surface area contributed by atoms with Crippen LogP contribution >= 0.6 is 0 Å². The quantitative estimate of drug-likeness (QED) is 0.670. The number of hydrogen-bond donors (Lipinski definition) is 1.